The van der Waals surface area contributed by atoms with Gasteiger partial charge < -0.3 is 9.45 Å². The number of rotatable bonds is 6. The first-order chi connectivity index (χ1) is 11.7. The molecule has 1 aliphatic rings. The Bertz CT molecular complexity index is 615. The van der Waals surface area contributed by atoms with Crippen LogP contribution in [0.1, 0.15) is 6.42 Å². The molecule has 128 valence electrons. The van der Waals surface area contributed by atoms with Crippen LogP contribution in [0.5, 0.6) is 0 Å². The zero-order chi connectivity index (χ0) is 16.8. The van der Waals surface area contributed by atoms with Crippen molar-refractivity contribution in [1.82, 2.24) is 4.90 Å². The van der Waals surface area contributed by atoms with Gasteiger partial charge in [0.25, 0.3) is 0 Å². The first kappa shape index (κ1) is 17.3. The lowest BCUT2D eigenvalue weighted by molar-refractivity contribution is 0.259. The molecule has 24 heavy (non-hydrogen) atoms. The molecule has 2 aromatic carbocycles. The van der Waals surface area contributed by atoms with E-state index in [9.17, 15) is 8.94 Å². The zero-order valence-electron chi connectivity index (χ0n) is 13.7. The summed E-state index contributed by atoms with van der Waals surface area (Å²) in [6.07, 6.45) is 0.898. The summed E-state index contributed by atoms with van der Waals surface area (Å²) < 4.78 is 25.1. The Hall–Kier alpha value is -1.56. The monoisotopic (exact) mass is 346 g/mol. The van der Waals surface area contributed by atoms with Gasteiger partial charge in [-0.05, 0) is 47.6 Å². The van der Waals surface area contributed by atoms with Crippen molar-refractivity contribution >= 4 is 16.9 Å². The van der Waals surface area contributed by atoms with Gasteiger partial charge in [0.05, 0.1) is 0 Å². The van der Waals surface area contributed by atoms with Crippen molar-refractivity contribution < 1.29 is 8.94 Å². The minimum absolute atomic E-state index is 0.285. The molecule has 3 nitrogen and oxygen atoms in total. The van der Waals surface area contributed by atoms with Crippen LogP contribution in [0.15, 0.2) is 59.5 Å². The highest BCUT2D eigenvalue weighted by molar-refractivity contribution is 7.91. The van der Waals surface area contributed by atoms with E-state index >= 15 is 0 Å². The zero-order valence-corrected chi connectivity index (χ0v) is 14.6. The maximum Gasteiger partial charge on any atom is 0.152 e. The minimum atomic E-state index is -1.04. The predicted octanol–water partition coefficient (Wildman–Crippen LogP) is 3.15. The van der Waals surface area contributed by atoms with Crippen molar-refractivity contribution in [3.63, 3.8) is 0 Å². The van der Waals surface area contributed by atoms with Gasteiger partial charge in [0, 0.05) is 44.8 Å². The van der Waals surface area contributed by atoms with Crippen molar-refractivity contribution in [1.29, 1.82) is 0 Å². The Morgan fingerprint density at radius 2 is 1.58 bits per heavy atom. The van der Waals surface area contributed by atoms with Crippen LogP contribution in [0.25, 0.3) is 0 Å². The van der Waals surface area contributed by atoms with E-state index in [-0.39, 0.29) is 5.82 Å². The fraction of sp³-hybridized carbons (Fsp3) is 0.368. The third kappa shape index (κ3) is 4.72. The van der Waals surface area contributed by atoms with E-state index in [1.165, 1.54) is 17.8 Å². The maximum atomic E-state index is 12.9. The lowest BCUT2D eigenvalue weighted by Gasteiger charge is -2.36. The van der Waals surface area contributed by atoms with E-state index in [0.29, 0.717) is 10.6 Å². The quantitative estimate of drug-likeness (QED) is 0.753. The normalized spacial score (nSPS) is 17.0. The predicted molar refractivity (Wildman–Crippen MR) is 97.4 cm³/mol. The summed E-state index contributed by atoms with van der Waals surface area (Å²) in [5, 5.41) is 0. The molecule has 3 rings (SSSR count). The third-order valence-corrected chi connectivity index (χ3v) is 5.83. The Balaban J connectivity index is 1.38. The lowest BCUT2D eigenvalue weighted by Crippen LogP contribution is -2.46. The van der Waals surface area contributed by atoms with E-state index < -0.39 is 11.2 Å². The summed E-state index contributed by atoms with van der Waals surface area (Å²) in [7, 11) is 0. The molecule has 1 fully saturated rings. The average Bonchev–Trinajstić information content (AvgIpc) is 2.63. The molecule has 1 atom stereocenters. The molecular weight excluding hydrogens is 323 g/mol. The van der Waals surface area contributed by atoms with E-state index in [4.69, 9.17) is 0 Å². The summed E-state index contributed by atoms with van der Waals surface area (Å²) in [6.45, 7) is 5.11. The van der Waals surface area contributed by atoms with Gasteiger partial charge in [-0.3, -0.25) is 4.90 Å². The van der Waals surface area contributed by atoms with Gasteiger partial charge in [0.1, 0.15) is 11.6 Å². The van der Waals surface area contributed by atoms with Crippen LogP contribution in [0, 0.1) is 5.82 Å². The second kappa shape index (κ2) is 8.51. The number of halogens is 1. The average molecular weight is 346 g/mol. The van der Waals surface area contributed by atoms with E-state index in [0.717, 1.165) is 39.1 Å². The summed E-state index contributed by atoms with van der Waals surface area (Å²) in [5.74, 6) is 0.344. The van der Waals surface area contributed by atoms with Crippen LogP contribution in [0.3, 0.4) is 0 Å². The molecule has 0 N–H and O–H groups in total. The van der Waals surface area contributed by atoms with E-state index in [1.807, 2.05) is 6.07 Å². The molecule has 0 bridgehead atoms. The molecule has 1 aliphatic heterocycles. The second-order valence-electron chi connectivity index (χ2n) is 6.02. The highest BCUT2D eigenvalue weighted by Gasteiger charge is 2.18. The van der Waals surface area contributed by atoms with Gasteiger partial charge in [-0.25, -0.2) is 4.39 Å². The molecular formula is C19H23FN2OS. The summed E-state index contributed by atoms with van der Waals surface area (Å²) in [4.78, 5) is 5.55. The highest BCUT2D eigenvalue weighted by atomic mass is 32.2. The Kier molecular flexibility index (Phi) is 6.12. The molecule has 2 aromatic rings. The van der Waals surface area contributed by atoms with Gasteiger partial charge in [-0.1, -0.05) is 18.2 Å². The standard InChI is InChI=1S/C19H23FN2OS/c20-17-7-9-19(10-8-17)24(23)16-4-11-21-12-14-22(15-13-21)18-5-2-1-3-6-18/h1-3,5-10H,4,11-16H2. The third-order valence-electron chi connectivity index (χ3n) is 4.37. The summed E-state index contributed by atoms with van der Waals surface area (Å²) in [5.41, 5.74) is 1.29. The molecule has 1 heterocycles. The van der Waals surface area contributed by atoms with Gasteiger partial charge >= 0.3 is 0 Å². The molecule has 0 aromatic heterocycles. The van der Waals surface area contributed by atoms with Gasteiger partial charge in [0.2, 0.25) is 0 Å². The maximum absolute atomic E-state index is 12.9. The van der Waals surface area contributed by atoms with Crippen molar-refractivity contribution in [2.75, 3.05) is 43.4 Å². The van der Waals surface area contributed by atoms with Crippen LogP contribution in [0.2, 0.25) is 0 Å². The van der Waals surface area contributed by atoms with Crippen LogP contribution in [-0.2, 0) is 11.2 Å². The van der Waals surface area contributed by atoms with Crippen LogP contribution < -0.4 is 4.90 Å². The first-order valence-corrected chi connectivity index (χ1v) is 9.70. The number of nitrogens with zero attached hydrogens (tertiary/aromatic N) is 2. The second-order valence-corrected chi connectivity index (χ2v) is 7.59. The SMILES string of the molecule is [O-][S+](CCCN1CCN(c2ccccc2)CC1)c1ccc(F)cc1. The molecule has 1 unspecified atom stereocenters. The number of piperazine rings is 1. The number of benzene rings is 2. The number of hydrogen-bond acceptors (Lipinski definition) is 3. The molecule has 0 amide bonds. The molecule has 1 saturated heterocycles. The number of hydrogen-bond donors (Lipinski definition) is 0. The first-order valence-electron chi connectivity index (χ1n) is 8.39. The molecule has 0 saturated carbocycles. The largest absolute Gasteiger partial charge is 0.611 e. The highest BCUT2D eigenvalue weighted by Crippen LogP contribution is 2.16. The Morgan fingerprint density at radius 1 is 0.917 bits per heavy atom. The van der Waals surface area contributed by atoms with Gasteiger partial charge in [-0.15, -0.1) is 0 Å². The fourth-order valence-corrected chi connectivity index (χ4v) is 4.06. The Labute approximate surface area is 146 Å². The van der Waals surface area contributed by atoms with Crippen LogP contribution in [-0.4, -0.2) is 47.9 Å². The molecule has 0 radical (unpaired) electrons. The Morgan fingerprint density at radius 3 is 2.25 bits per heavy atom. The van der Waals surface area contributed by atoms with Crippen molar-refractivity contribution in [2.45, 2.75) is 11.3 Å². The topological polar surface area (TPSA) is 29.5 Å². The molecule has 0 spiro atoms. The van der Waals surface area contributed by atoms with Crippen molar-refractivity contribution in [2.24, 2.45) is 0 Å². The van der Waals surface area contributed by atoms with Gasteiger partial charge in [-0.2, -0.15) is 0 Å². The van der Waals surface area contributed by atoms with Crippen LogP contribution in [0.4, 0.5) is 10.1 Å². The summed E-state index contributed by atoms with van der Waals surface area (Å²) in [6, 6.07) is 16.5. The summed E-state index contributed by atoms with van der Waals surface area (Å²) >= 11 is -1.04. The lowest BCUT2D eigenvalue weighted by atomic mass is 10.2. The smallest absolute Gasteiger partial charge is 0.152 e. The van der Waals surface area contributed by atoms with Gasteiger partial charge in [0.15, 0.2) is 4.90 Å². The molecule has 5 heteroatoms. The fourth-order valence-electron chi connectivity index (χ4n) is 2.99. The van der Waals surface area contributed by atoms with Crippen LogP contribution >= 0.6 is 0 Å². The number of para-hydroxylation sites is 1. The van der Waals surface area contributed by atoms with Crippen molar-refractivity contribution in [3.8, 4) is 0 Å². The van der Waals surface area contributed by atoms with E-state index in [2.05, 4.69) is 34.1 Å². The van der Waals surface area contributed by atoms with Crippen molar-refractivity contribution in [3.05, 3.63) is 60.4 Å². The number of anilines is 1. The van der Waals surface area contributed by atoms with E-state index in [1.54, 1.807) is 12.1 Å². The minimum Gasteiger partial charge on any atom is -0.611 e. The molecule has 0 aliphatic carbocycles.